The van der Waals surface area contributed by atoms with E-state index in [4.69, 9.17) is 0 Å². The molecule has 4 nitrogen and oxygen atoms in total. The summed E-state index contributed by atoms with van der Waals surface area (Å²) in [6, 6.07) is 8.79. The van der Waals surface area contributed by atoms with Crippen LogP contribution in [0.15, 0.2) is 46.5 Å². The van der Waals surface area contributed by atoms with Crippen LogP contribution in [0, 0.1) is 6.92 Å². The fraction of sp³-hybridized carbons (Fsp3) is 0.154. The van der Waals surface area contributed by atoms with E-state index in [1.165, 1.54) is 24.0 Å². The first-order chi connectivity index (χ1) is 8.66. The molecule has 0 aliphatic rings. The minimum absolute atomic E-state index is 0.0320. The van der Waals surface area contributed by atoms with Gasteiger partial charge in [-0.3, -0.25) is 9.59 Å². The summed E-state index contributed by atoms with van der Waals surface area (Å²) in [4.78, 5) is 29.6. The van der Waals surface area contributed by atoms with Crippen molar-refractivity contribution in [2.24, 2.45) is 0 Å². The number of aromatic nitrogens is 2. The van der Waals surface area contributed by atoms with E-state index in [0.717, 1.165) is 5.56 Å². The van der Waals surface area contributed by atoms with Crippen LogP contribution < -0.4 is 5.56 Å². The van der Waals surface area contributed by atoms with E-state index in [-0.39, 0.29) is 17.1 Å². The van der Waals surface area contributed by atoms with E-state index < -0.39 is 0 Å². The van der Waals surface area contributed by atoms with Crippen LogP contribution in [0.5, 0.6) is 0 Å². The lowest BCUT2D eigenvalue weighted by Gasteiger charge is -2.03. The lowest BCUT2D eigenvalue weighted by Crippen LogP contribution is -2.08. The average Bonchev–Trinajstić information content (AvgIpc) is 2.37. The Morgan fingerprint density at radius 1 is 1.33 bits per heavy atom. The van der Waals surface area contributed by atoms with Crippen LogP contribution in [0.3, 0.4) is 0 Å². The van der Waals surface area contributed by atoms with Crippen LogP contribution in [0.25, 0.3) is 0 Å². The van der Waals surface area contributed by atoms with Gasteiger partial charge in [-0.05, 0) is 12.5 Å². The van der Waals surface area contributed by atoms with E-state index in [1.807, 2.05) is 25.1 Å². The van der Waals surface area contributed by atoms with Gasteiger partial charge in [0, 0.05) is 17.8 Å². The van der Waals surface area contributed by atoms with E-state index in [0.29, 0.717) is 10.7 Å². The minimum atomic E-state index is -0.212. The summed E-state index contributed by atoms with van der Waals surface area (Å²) in [5, 5.41) is 0.462. The molecule has 2 aromatic rings. The van der Waals surface area contributed by atoms with Crippen LogP contribution in [-0.2, 0) is 0 Å². The predicted octanol–water partition coefficient (Wildman–Crippen LogP) is 2.05. The molecule has 18 heavy (non-hydrogen) atoms. The molecule has 0 fully saturated rings. The van der Waals surface area contributed by atoms with Crippen molar-refractivity contribution in [2.75, 3.05) is 5.75 Å². The maximum Gasteiger partial charge on any atom is 0.251 e. The number of H-pyrrole nitrogens is 1. The Balaban J connectivity index is 2.05. The van der Waals surface area contributed by atoms with Crippen molar-refractivity contribution in [2.45, 2.75) is 12.1 Å². The smallest absolute Gasteiger partial charge is 0.251 e. The van der Waals surface area contributed by atoms with E-state index in [1.54, 1.807) is 6.07 Å². The van der Waals surface area contributed by atoms with Crippen molar-refractivity contribution in [3.63, 3.8) is 0 Å². The molecule has 2 rings (SSSR count). The van der Waals surface area contributed by atoms with Crippen molar-refractivity contribution in [1.29, 1.82) is 0 Å². The van der Waals surface area contributed by atoms with Crippen LogP contribution >= 0.6 is 11.8 Å². The normalized spacial score (nSPS) is 10.3. The van der Waals surface area contributed by atoms with Crippen LogP contribution in [0.2, 0.25) is 0 Å². The summed E-state index contributed by atoms with van der Waals surface area (Å²) in [7, 11) is 0. The summed E-state index contributed by atoms with van der Waals surface area (Å²) in [5.74, 6) is 0.294. The highest BCUT2D eigenvalue weighted by molar-refractivity contribution is 7.99. The number of hydrogen-bond acceptors (Lipinski definition) is 4. The molecule has 0 unspecified atom stereocenters. The Labute approximate surface area is 108 Å². The Hall–Kier alpha value is -1.88. The molecular weight excluding hydrogens is 248 g/mol. The van der Waals surface area contributed by atoms with Gasteiger partial charge in [-0.25, -0.2) is 4.98 Å². The quantitative estimate of drug-likeness (QED) is 0.519. The molecule has 0 spiro atoms. The van der Waals surface area contributed by atoms with Gasteiger partial charge in [0.15, 0.2) is 10.9 Å². The number of thioether (sulfide) groups is 1. The third kappa shape index (κ3) is 3.07. The van der Waals surface area contributed by atoms with Crippen LogP contribution in [0.4, 0.5) is 0 Å². The molecule has 0 saturated heterocycles. The first-order valence-corrected chi connectivity index (χ1v) is 6.42. The van der Waals surface area contributed by atoms with Crippen molar-refractivity contribution < 1.29 is 4.79 Å². The second-order valence-corrected chi connectivity index (χ2v) is 4.73. The third-order valence-electron chi connectivity index (χ3n) is 2.43. The van der Waals surface area contributed by atoms with E-state index in [9.17, 15) is 9.59 Å². The number of nitrogens with zero attached hydrogens (tertiary/aromatic N) is 1. The number of rotatable bonds is 4. The Bertz CT molecular complexity index is 622. The fourth-order valence-electron chi connectivity index (χ4n) is 1.52. The Kier molecular flexibility index (Phi) is 3.94. The number of aryl methyl sites for hydroxylation is 1. The van der Waals surface area contributed by atoms with Gasteiger partial charge in [-0.15, -0.1) is 0 Å². The number of Topliss-reactive ketones (excluding diaryl/α,β-unsaturated/α-hetero) is 1. The first kappa shape index (κ1) is 12.6. The minimum Gasteiger partial charge on any atom is -0.301 e. The number of benzene rings is 1. The lowest BCUT2D eigenvalue weighted by atomic mass is 10.1. The molecule has 1 aromatic heterocycles. The molecule has 0 atom stereocenters. The first-order valence-electron chi connectivity index (χ1n) is 5.44. The monoisotopic (exact) mass is 260 g/mol. The highest BCUT2D eigenvalue weighted by Crippen LogP contribution is 2.15. The Morgan fingerprint density at radius 3 is 2.83 bits per heavy atom. The van der Waals surface area contributed by atoms with Gasteiger partial charge < -0.3 is 4.98 Å². The summed E-state index contributed by atoms with van der Waals surface area (Å²) in [6.07, 6.45) is 1.43. The zero-order valence-electron chi connectivity index (χ0n) is 9.84. The van der Waals surface area contributed by atoms with Crippen molar-refractivity contribution in [3.05, 3.63) is 58.0 Å². The second-order valence-electron chi connectivity index (χ2n) is 3.77. The molecule has 1 N–H and O–H groups in total. The zero-order chi connectivity index (χ0) is 13.0. The van der Waals surface area contributed by atoms with E-state index in [2.05, 4.69) is 9.97 Å². The topological polar surface area (TPSA) is 62.8 Å². The number of carbonyl (C=O) groups is 1. The lowest BCUT2D eigenvalue weighted by molar-refractivity contribution is 0.102. The van der Waals surface area contributed by atoms with Crippen molar-refractivity contribution in [1.82, 2.24) is 9.97 Å². The highest BCUT2D eigenvalue weighted by Gasteiger charge is 2.09. The van der Waals surface area contributed by atoms with Crippen LogP contribution in [-0.4, -0.2) is 21.5 Å². The molecule has 0 amide bonds. The molecule has 1 heterocycles. The molecule has 1 aromatic carbocycles. The standard InChI is InChI=1S/C13H12N2O2S/c1-9-4-2-3-5-10(9)11(16)8-18-13-14-7-6-12(17)15-13/h2-7H,8H2,1H3,(H,14,15,17). The molecule has 92 valence electrons. The molecule has 0 saturated carbocycles. The number of carbonyl (C=O) groups excluding carboxylic acids is 1. The summed E-state index contributed by atoms with van der Waals surface area (Å²) in [6.45, 7) is 1.90. The second kappa shape index (κ2) is 5.64. The van der Waals surface area contributed by atoms with Gasteiger partial charge >= 0.3 is 0 Å². The average molecular weight is 260 g/mol. The summed E-state index contributed by atoms with van der Waals surface area (Å²) < 4.78 is 0. The van der Waals surface area contributed by atoms with Crippen LogP contribution in [0.1, 0.15) is 15.9 Å². The van der Waals surface area contributed by atoms with Gasteiger partial charge in [-0.2, -0.15) is 0 Å². The zero-order valence-corrected chi connectivity index (χ0v) is 10.7. The molecule has 0 bridgehead atoms. The van der Waals surface area contributed by atoms with Crippen molar-refractivity contribution in [3.8, 4) is 0 Å². The molecule has 0 aliphatic carbocycles. The van der Waals surface area contributed by atoms with Gasteiger partial charge in [0.25, 0.3) is 5.56 Å². The predicted molar refractivity (Wildman–Crippen MR) is 71.1 cm³/mol. The van der Waals surface area contributed by atoms with Gasteiger partial charge in [0.1, 0.15) is 0 Å². The summed E-state index contributed by atoms with van der Waals surface area (Å²) in [5.41, 5.74) is 1.46. The third-order valence-corrected chi connectivity index (χ3v) is 3.32. The molecule has 0 radical (unpaired) electrons. The number of nitrogens with one attached hydrogen (secondary N) is 1. The Morgan fingerprint density at radius 2 is 2.11 bits per heavy atom. The number of aromatic amines is 1. The molecule has 0 aliphatic heterocycles. The molecule has 5 heteroatoms. The fourth-order valence-corrected chi connectivity index (χ4v) is 2.25. The van der Waals surface area contributed by atoms with E-state index >= 15 is 0 Å². The SMILES string of the molecule is Cc1ccccc1C(=O)CSc1nccc(=O)[nH]1. The van der Waals surface area contributed by atoms with Crippen molar-refractivity contribution >= 4 is 17.5 Å². The number of ketones is 1. The molecular formula is C13H12N2O2S. The summed E-state index contributed by atoms with van der Waals surface area (Å²) >= 11 is 1.23. The largest absolute Gasteiger partial charge is 0.301 e. The number of hydrogen-bond donors (Lipinski definition) is 1. The highest BCUT2D eigenvalue weighted by atomic mass is 32.2. The maximum atomic E-state index is 12.0. The van der Waals surface area contributed by atoms with Gasteiger partial charge in [-0.1, -0.05) is 36.0 Å². The van der Waals surface area contributed by atoms with Gasteiger partial charge in [0.05, 0.1) is 5.75 Å². The van der Waals surface area contributed by atoms with Gasteiger partial charge in [0.2, 0.25) is 0 Å². The maximum absolute atomic E-state index is 12.0.